The lowest BCUT2D eigenvalue weighted by Gasteiger charge is -2.22. The summed E-state index contributed by atoms with van der Waals surface area (Å²) in [5.41, 5.74) is -0.922. The minimum atomic E-state index is -4.55. The first kappa shape index (κ1) is 18.9. The Bertz CT molecular complexity index is 901. The van der Waals surface area contributed by atoms with Crippen LogP contribution in [0.15, 0.2) is 24.4 Å². The van der Waals surface area contributed by atoms with Gasteiger partial charge >= 0.3 is 6.18 Å². The van der Waals surface area contributed by atoms with E-state index in [2.05, 4.69) is 10.3 Å². The Kier molecular flexibility index (Phi) is 4.45. The van der Waals surface area contributed by atoms with Crippen LogP contribution in [0.3, 0.4) is 0 Å². The fraction of sp³-hybridized carbons (Fsp3) is 0.526. The lowest BCUT2D eigenvalue weighted by Crippen LogP contribution is -2.35. The Morgan fingerprint density at radius 2 is 1.96 bits per heavy atom. The van der Waals surface area contributed by atoms with Crippen LogP contribution >= 0.6 is 0 Å². The van der Waals surface area contributed by atoms with Gasteiger partial charge in [-0.15, -0.1) is 5.10 Å². The number of halogens is 3. The van der Waals surface area contributed by atoms with Crippen molar-refractivity contribution in [3.8, 4) is 0 Å². The van der Waals surface area contributed by atoms with Crippen LogP contribution < -0.4 is 4.90 Å². The number of hydrogen-bond donors (Lipinski definition) is 0. The molecule has 6 nitrogen and oxygen atoms in total. The smallest absolute Gasteiger partial charge is 0.381 e. The molecular weight excluding hydrogens is 373 g/mol. The number of nitrogens with zero attached hydrogens (tertiary/aromatic N) is 4. The highest BCUT2D eigenvalue weighted by Crippen LogP contribution is 2.47. The highest BCUT2D eigenvalue weighted by molar-refractivity contribution is 6.07. The highest BCUT2D eigenvalue weighted by Gasteiger charge is 2.45. The van der Waals surface area contributed by atoms with E-state index >= 15 is 0 Å². The molecule has 0 spiro atoms. The molecular formula is C19H21F3N4O2. The van der Waals surface area contributed by atoms with E-state index in [0.717, 1.165) is 18.9 Å². The number of para-hydroxylation sites is 1. The van der Waals surface area contributed by atoms with E-state index in [1.165, 1.54) is 17.2 Å². The summed E-state index contributed by atoms with van der Waals surface area (Å²) >= 11 is 0. The number of amides is 1. The molecule has 2 aliphatic rings. The second-order valence-electron chi connectivity index (χ2n) is 7.90. The van der Waals surface area contributed by atoms with Gasteiger partial charge in [0.15, 0.2) is 5.69 Å². The Labute approximate surface area is 160 Å². The van der Waals surface area contributed by atoms with Crippen LogP contribution in [0.1, 0.15) is 54.3 Å². The number of ether oxygens (including phenoxy) is 1. The van der Waals surface area contributed by atoms with Crippen LogP contribution in [0, 0.1) is 0 Å². The van der Waals surface area contributed by atoms with Crippen LogP contribution in [0.25, 0.3) is 0 Å². The first-order valence-electron chi connectivity index (χ1n) is 9.20. The summed E-state index contributed by atoms with van der Waals surface area (Å²) in [6.45, 7) is 5.03. The topological polar surface area (TPSA) is 60.2 Å². The summed E-state index contributed by atoms with van der Waals surface area (Å²) in [7, 11) is 0. The Balaban J connectivity index is 1.70. The largest absolute Gasteiger partial charge is 0.418 e. The third kappa shape index (κ3) is 3.17. The maximum Gasteiger partial charge on any atom is 0.418 e. The zero-order chi connectivity index (χ0) is 20.1. The van der Waals surface area contributed by atoms with E-state index in [1.54, 1.807) is 10.7 Å². The maximum atomic E-state index is 13.6. The Morgan fingerprint density at radius 3 is 2.64 bits per heavy atom. The van der Waals surface area contributed by atoms with Gasteiger partial charge in [0.05, 0.1) is 23.5 Å². The molecule has 0 saturated carbocycles. The number of fused-ring (bicyclic) bond motifs is 1. The first-order chi connectivity index (χ1) is 13.2. The van der Waals surface area contributed by atoms with Crippen molar-refractivity contribution in [2.45, 2.75) is 44.3 Å². The third-order valence-electron chi connectivity index (χ3n) is 5.43. The summed E-state index contributed by atoms with van der Waals surface area (Å²) in [4.78, 5) is 14.3. The average Bonchev–Trinajstić information content (AvgIpc) is 3.24. The quantitative estimate of drug-likeness (QED) is 0.781. The molecule has 1 aromatic heterocycles. The van der Waals surface area contributed by atoms with Gasteiger partial charge in [-0.1, -0.05) is 31.2 Å². The molecule has 0 radical (unpaired) electrons. The van der Waals surface area contributed by atoms with Crippen molar-refractivity contribution in [3.05, 3.63) is 41.2 Å². The van der Waals surface area contributed by atoms with Crippen LogP contribution in [0.2, 0.25) is 0 Å². The molecule has 2 aromatic rings. The maximum absolute atomic E-state index is 13.6. The molecule has 0 N–H and O–H groups in total. The Hall–Kier alpha value is -2.42. The van der Waals surface area contributed by atoms with E-state index in [1.807, 2.05) is 13.8 Å². The second-order valence-corrected chi connectivity index (χ2v) is 7.90. The molecule has 1 amide bonds. The fourth-order valence-electron chi connectivity index (χ4n) is 3.98. The van der Waals surface area contributed by atoms with E-state index in [9.17, 15) is 18.0 Å². The number of rotatable bonds is 2. The van der Waals surface area contributed by atoms with Crippen molar-refractivity contribution in [1.82, 2.24) is 15.0 Å². The molecule has 9 heteroatoms. The zero-order valence-corrected chi connectivity index (χ0v) is 15.7. The number of carbonyl (C=O) groups excluding carboxylic acids is 1. The van der Waals surface area contributed by atoms with Gasteiger partial charge in [0, 0.05) is 25.2 Å². The molecule has 0 atom stereocenters. The molecule has 1 aromatic carbocycles. The van der Waals surface area contributed by atoms with Crippen molar-refractivity contribution < 1.29 is 22.7 Å². The van der Waals surface area contributed by atoms with Crippen molar-refractivity contribution in [3.63, 3.8) is 0 Å². The van der Waals surface area contributed by atoms with Gasteiger partial charge in [-0.3, -0.25) is 4.79 Å². The lowest BCUT2D eigenvalue weighted by molar-refractivity contribution is -0.137. The second kappa shape index (κ2) is 6.58. The van der Waals surface area contributed by atoms with Crippen LogP contribution in [0.4, 0.5) is 18.9 Å². The summed E-state index contributed by atoms with van der Waals surface area (Å²) in [5, 5.41) is 7.99. The molecule has 4 rings (SSSR count). The first-order valence-corrected chi connectivity index (χ1v) is 9.20. The zero-order valence-electron chi connectivity index (χ0n) is 15.7. The molecule has 0 unspecified atom stereocenters. The van der Waals surface area contributed by atoms with E-state index in [0.29, 0.717) is 18.8 Å². The van der Waals surface area contributed by atoms with Crippen LogP contribution in [-0.2, 0) is 16.3 Å². The van der Waals surface area contributed by atoms with Crippen molar-refractivity contribution in [2.75, 3.05) is 24.7 Å². The number of aromatic nitrogens is 3. The summed E-state index contributed by atoms with van der Waals surface area (Å²) in [6, 6.07) is 4.13. The van der Waals surface area contributed by atoms with Gasteiger partial charge < -0.3 is 9.64 Å². The highest BCUT2D eigenvalue weighted by atomic mass is 19.4. The molecule has 0 aliphatic carbocycles. The SMILES string of the molecule is CC1(C)CN(C(=O)c2cn(C3CCOCC3)nn2)c2c(C(F)(F)F)cccc21. The van der Waals surface area contributed by atoms with Gasteiger partial charge in [-0.05, 0) is 24.5 Å². The van der Waals surface area contributed by atoms with Gasteiger partial charge in [-0.25, -0.2) is 4.68 Å². The van der Waals surface area contributed by atoms with Crippen molar-refractivity contribution in [1.29, 1.82) is 0 Å². The number of alkyl halides is 3. The third-order valence-corrected chi connectivity index (χ3v) is 5.43. The molecule has 3 heterocycles. The Morgan fingerprint density at radius 1 is 1.25 bits per heavy atom. The van der Waals surface area contributed by atoms with E-state index in [4.69, 9.17) is 4.74 Å². The molecule has 1 saturated heterocycles. The molecule has 0 bridgehead atoms. The number of hydrogen-bond acceptors (Lipinski definition) is 4. The summed E-state index contributed by atoms with van der Waals surface area (Å²) < 4.78 is 47.7. The van der Waals surface area contributed by atoms with Gasteiger partial charge in [0.25, 0.3) is 5.91 Å². The van der Waals surface area contributed by atoms with E-state index in [-0.39, 0.29) is 24.0 Å². The summed E-state index contributed by atoms with van der Waals surface area (Å²) in [5.74, 6) is -0.568. The normalized spacial score (nSPS) is 19.7. The van der Waals surface area contributed by atoms with E-state index < -0.39 is 23.1 Å². The van der Waals surface area contributed by atoms with Crippen LogP contribution in [0.5, 0.6) is 0 Å². The van der Waals surface area contributed by atoms with Crippen LogP contribution in [-0.4, -0.2) is 40.7 Å². The monoisotopic (exact) mass is 394 g/mol. The summed E-state index contributed by atoms with van der Waals surface area (Å²) in [6.07, 6.45) is -1.51. The fourth-order valence-corrected chi connectivity index (χ4v) is 3.98. The lowest BCUT2D eigenvalue weighted by atomic mass is 9.86. The van der Waals surface area contributed by atoms with Gasteiger partial charge in [-0.2, -0.15) is 13.2 Å². The average molecular weight is 394 g/mol. The standard InChI is InChI=1S/C19H21F3N4O2/c1-18(2)11-25(16-13(18)4-3-5-14(16)19(20,21)22)17(27)15-10-26(24-23-15)12-6-8-28-9-7-12/h3-5,10,12H,6-9,11H2,1-2H3. The number of carbonyl (C=O) groups is 1. The molecule has 150 valence electrons. The minimum absolute atomic E-state index is 0.0483. The van der Waals surface area contributed by atoms with Crippen molar-refractivity contribution >= 4 is 11.6 Å². The van der Waals surface area contributed by atoms with Crippen molar-refractivity contribution in [2.24, 2.45) is 0 Å². The number of anilines is 1. The van der Waals surface area contributed by atoms with Gasteiger partial charge in [0.1, 0.15) is 0 Å². The number of benzene rings is 1. The molecule has 28 heavy (non-hydrogen) atoms. The predicted octanol–water partition coefficient (Wildman–Crippen LogP) is 3.59. The molecule has 1 fully saturated rings. The predicted molar refractivity (Wildman–Crippen MR) is 95.3 cm³/mol. The van der Waals surface area contributed by atoms with Gasteiger partial charge in [0.2, 0.25) is 0 Å². The minimum Gasteiger partial charge on any atom is -0.381 e. The molecule has 2 aliphatic heterocycles.